The molecule has 0 aromatic heterocycles. The van der Waals surface area contributed by atoms with Gasteiger partial charge in [0.25, 0.3) is 0 Å². The molecule has 0 aromatic carbocycles. The van der Waals surface area contributed by atoms with Crippen LogP contribution in [0.2, 0.25) is 0 Å². The first kappa shape index (κ1) is 5.60. The molecule has 0 unspecified atom stereocenters. The molecule has 2 N–H and O–H groups in total. The van der Waals surface area contributed by atoms with Crippen molar-refractivity contribution in [3.8, 4) is 0 Å². The minimum Gasteiger partial charge on any atom is -0.365 e. The predicted molar refractivity (Wildman–Crippen MR) is 33.1 cm³/mol. The molecule has 2 nitrogen and oxygen atoms in total. The highest BCUT2D eigenvalue weighted by atomic mass is 14.9. The lowest BCUT2D eigenvalue weighted by Crippen LogP contribution is -2.23. The highest BCUT2D eigenvalue weighted by Crippen LogP contribution is 2.16. The van der Waals surface area contributed by atoms with Crippen LogP contribution in [-0.4, -0.2) is 12.4 Å². The van der Waals surface area contributed by atoms with Gasteiger partial charge in [-0.1, -0.05) is 12.8 Å². The van der Waals surface area contributed by atoms with E-state index in [1.807, 2.05) is 0 Å². The smallest absolute Gasteiger partial charge is 0.161 e. The van der Waals surface area contributed by atoms with E-state index in [4.69, 9.17) is 5.41 Å². The second-order valence-electron chi connectivity index (χ2n) is 2.25. The second-order valence-corrected chi connectivity index (χ2v) is 2.25. The van der Waals surface area contributed by atoms with Crippen molar-refractivity contribution < 1.29 is 0 Å². The Balaban J connectivity index is 2.14. The SMILES string of the molecule is N=[C]NC1CCCC1. The molecule has 0 spiro atoms. The summed E-state index contributed by atoms with van der Waals surface area (Å²) in [6.07, 6.45) is 7.30. The van der Waals surface area contributed by atoms with Gasteiger partial charge in [0.05, 0.1) is 0 Å². The van der Waals surface area contributed by atoms with Crippen molar-refractivity contribution >= 4 is 6.34 Å². The molecule has 45 valence electrons. The van der Waals surface area contributed by atoms with E-state index in [0.29, 0.717) is 6.04 Å². The highest BCUT2D eigenvalue weighted by molar-refractivity contribution is 5.50. The first-order chi connectivity index (χ1) is 3.93. The van der Waals surface area contributed by atoms with Gasteiger partial charge in [-0.3, -0.25) is 5.41 Å². The normalized spacial score (nSPS) is 21.0. The van der Waals surface area contributed by atoms with Crippen LogP contribution in [0.5, 0.6) is 0 Å². The topological polar surface area (TPSA) is 35.9 Å². The number of nitrogens with one attached hydrogen (secondary N) is 2. The largest absolute Gasteiger partial charge is 0.365 e. The van der Waals surface area contributed by atoms with Crippen LogP contribution < -0.4 is 5.32 Å². The molecule has 0 heterocycles. The van der Waals surface area contributed by atoms with Crippen LogP contribution >= 0.6 is 0 Å². The minimum atomic E-state index is 0.562. The van der Waals surface area contributed by atoms with Gasteiger partial charge < -0.3 is 5.32 Å². The summed E-state index contributed by atoms with van der Waals surface area (Å²) in [4.78, 5) is 0. The van der Waals surface area contributed by atoms with E-state index in [0.717, 1.165) is 0 Å². The van der Waals surface area contributed by atoms with Crippen molar-refractivity contribution in [1.82, 2.24) is 5.32 Å². The maximum absolute atomic E-state index is 6.61. The lowest BCUT2D eigenvalue weighted by atomic mass is 10.3. The van der Waals surface area contributed by atoms with Gasteiger partial charge in [-0.05, 0) is 12.8 Å². The molecule has 1 fully saturated rings. The van der Waals surface area contributed by atoms with Crippen LogP contribution in [0.4, 0.5) is 0 Å². The zero-order valence-electron chi connectivity index (χ0n) is 4.91. The second kappa shape index (κ2) is 2.70. The Morgan fingerprint density at radius 3 is 2.50 bits per heavy atom. The minimum absolute atomic E-state index is 0.562. The molecular weight excluding hydrogens is 100 g/mol. The zero-order chi connectivity index (χ0) is 5.82. The molecule has 1 saturated carbocycles. The van der Waals surface area contributed by atoms with Gasteiger partial charge in [0.2, 0.25) is 0 Å². The molecule has 8 heavy (non-hydrogen) atoms. The summed E-state index contributed by atoms with van der Waals surface area (Å²) in [5.41, 5.74) is 0. The van der Waals surface area contributed by atoms with Crippen molar-refractivity contribution in [3.63, 3.8) is 0 Å². The van der Waals surface area contributed by atoms with E-state index >= 15 is 0 Å². The average Bonchev–Trinajstić information content (AvgIpc) is 2.19. The van der Waals surface area contributed by atoms with Gasteiger partial charge in [-0.25, -0.2) is 0 Å². The molecule has 0 atom stereocenters. The van der Waals surface area contributed by atoms with E-state index in [1.54, 1.807) is 0 Å². The van der Waals surface area contributed by atoms with Crippen molar-refractivity contribution in [1.29, 1.82) is 5.41 Å². The molecule has 1 rings (SSSR count). The first-order valence-electron chi connectivity index (χ1n) is 3.11. The molecule has 0 aromatic rings. The average molecular weight is 111 g/mol. The Kier molecular flexibility index (Phi) is 1.89. The molecule has 0 aliphatic heterocycles. The van der Waals surface area contributed by atoms with Gasteiger partial charge in [-0.15, -0.1) is 0 Å². The predicted octanol–water partition coefficient (Wildman–Crippen LogP) is 1.00. The standard InChI is InChI=1S/C6H11N2/c7-5-8-6-3-1-2-4-6/h6H,1-4H2,(H2,7,8). The van der Waals surface area contributed by atoms with Crippen molar-refractivity contribution in [3.05, 3.63) is 0 Å². The summed E-state index contributed by atoms with van der Waals surface area (Å²) < 4.78 is 0. The fourth-order valence-corrected chi connectivity index (χ4v) is 1.17. The van der Waals surface area contributed by atoms with Gasteiger partial charge in [-0.2, -0.15) is 0 Å². The first-order valence-corrected chi connectivity index (χ1v) is 3.11. The Morgan fingerprint density at radius 1 is 1.38 bits per heavy atom. The molecule has 1 aliphatic carbocycles. The summed E-state index contributed by atoms with van der Waals surface area (Å²) in [7, 11) is 0. The monoisotopic (exact) mass is 111 g/mol. The summed E-state index contributed by atoms with van der Waals surface area (Å²) in [6.45, 7) is 0. The number of hydrogen-bond acceptors (Lipinski definition) is 1. The Hall–Kier alpha value is -0.530. The summed E-state index contributed by atoms with van der Waals surface area (Å²) in [5, 5.41) is 9.47. The van der Waals surface area contributed by atoms with Crippen LogP contribution in [0.25, 0.3) is 0 Å². The highest BCUT2D eigenvalue weighted by Gasteiger charge is 2.11. The molecule has 0 bridgehead atoms. The summed E-state index contributed by atoms with van der Waals surface area (Å²) >= 11 is 0. The van der Waals surface area contributed by atoms with Crippen LogP contribution in [0, 0.1) is 5.41 Å². The Bertz CT molecular complexity index is 74.6. The summed E-state index contributed by atoms with van der Waals surface area (Å²) in [5.74, 6) is 0. The fourth-order valence-electron chi connectivity index (χ4n) is 1.17. The fraction of sp³-hybridized carbons (Fsp3) is 0.833. The van der Waals surface area contributed by atoms with E-state index in [-0.39, 0.29) is 0 Å². The van der Waals surface area contributed by atoms with Crippen molar-refractivity contribution in [2.75, 3.05) is 0 Å². The van der Waals surface area contributed by atoms with Crippen LogP contribution in [0.15, 0.2) is 0 Å². The van der Waals surface area contributed by atoms with Gasteiger partial charge >= 0.3 is 0 Å². The van der Waals surface area contributed by atoms with E-state index < -0.39 is 0 Å². The third-order valence-electron chi connectivity index (χ3n) is 1.63. The Labute approximate surface area is 49.8 Å². The molecular formula is C6H11N2. The number of hydrogen-bond donors (Lipinski definition) is 2. The third kappa shape index (κ3) is 1.22. The van der Waals surface area contributed by atoms with Gasteiger partial charge in [0.1, 0.15) is 0 Å². The molecule has 2 heteroatoms. The van der Waals surface area contributed by atoms with Gasteiger partial charge in [0, 0.05) is 6.04 Å². The van der Waals surface area contributed by atoms with Gasteiger partial charge in [0.15, 0.2) is 6.34 Å². The Morgan fingerprint density at radius 2 is 2.00 bits per heavy atom. The lowest BCUT2D eigenvalue weighted by Gasteiger charge is -2.04. The van der Waals surface area contributed by atoms with E-state index in [2.05, 4.69) is 11.7 Å². The molecule has 0 amide bonds. The van der Waals surface area contributed by atoms with Crippen LogP contribution in [0.3, 0.4) is 0 Å². The van der Waals surface area contributed by atoms with Crippen LogP contribution in [0.1, 0.15) is 25.7 Å². The van der Waals surface area contributed by atoms with Crippen molar-refractivity contribution in [2.45, 2.75) is 31.7 Å². The van der Waals surface area contributed by atoms with Crippen LogP contribution in [-0.2, 0) is 0 Å². The maximum atomic E-state index is 6.61. The van der Waals surface area contributed by atoms with Crippen molar-refractivity contribution in [2.24, 2.45) is 0 Å². The van der Waals surface area contributed by atoms with E-state index in [9.17, 15) is 0 Å². The summed E-state index contributed by atoms with van der Waals surface area (Å²) in [6, 6.07) is 0.562. The third-order valence-corrected chi connectivity index (χ3v) is 1.63. The molecule has 1 radical (unpaired) electrons. The lowest BCUT2D eigenvalue weighted by molar-refractivity contribution is 0.636. The van der Waals surface area contributed by atoms with E-state index in [1.165, 1.54) is 25.7 Å². The zero-order valence-corrected chi connectivity index (χ0v) is 4.91. The molecule has 0 saturated heterocycles. The quantitative estimate of drug-likeness (QED) is 0.311. The number of rotatable bonds is 2. The maximum Gasteiger partial charge on any atom is 0.161 e. The molecule has 1 aliphatic rings.